The molecule has 0 spiro atoms. The molecule has 0 radical (unpaired) electrons. The molecule has 1 aromatic carbocycles. The lowest BCUT2D eigenvalue weighted by Gasteiger charge is -2.13. The molecule has 1 rings (SSSR count). The molecule has 0 fully saturated rings. The van der Waals surface area contributed by atoms with Gasteiger partial charge >= 0.3 is 0 Å². The fraction of sp³-hybridized carbons (Fsp3) is 0.364. The second kappa shape index (κ2) is 6.62. The van der Waals surface area contributed by atoms with Gasteiger partial charge in [0.1, 0.15) is 0 Å². The molecule has 1 aromatic rings. The maximum atomic E-state index is 11.9. The van der Waals surface area contributed by atoms with Gasteiger partial charge in [0.05, 0.1) is 10.6 Å². The first kappa shape index (κ1) is 14.0. The highest BCUT2D eigenvalue weighted by Crippen LogP contribution is 2.21. The van der Waals surface area contributed by atoms with E-state index in [4.69, 9.17) is 11.6 Å². The van der Waals surface area contributed by atoms with Crippen LogP contribution in [0.25, 0.3) is 0 Å². The molecule has 2 nitrogen and oxygen atoms in total. The molecule has 0 aliphatic rings. The maximum absolute atomic E-state index is 11.9. The number of carbonyl (C=O) groups excluding carboxylic acids is 1. The van der Waals surface area contributed by atoms with Crippen LogP contribution >= 0.6 is 43.5 Å². The molecule has 1 unspecified atom stereocenters. The zero-order valence-corrected chi connectivity index (χ0v) is 12.7. The van der Waals surface area contributed by atoms with Gasteiger partial charge in [0, 0.05) is 15.8 Å². The third-order valence-corrected chi connectivity index (χ3v) is 3.37. The van der Waals surface area contributed by atoms with Crippen molar-refractivity contribution in [1.82, 2.24) is 5.32 Å². The maximum Gasteiger partial charge on any atom is 0.253 e. The summed E-state index contributed by atoms with van der Waals surface area (Å²) >= 11 is 12.6. The number of alkyl halides is 1. The van der Waals surface area contributed by atoms with Gasteiger partial charge in [-0.1, -0.05) is 43.5 Å². The Bertz CT molecular complexity index is 384. The van der Waals surface area contributed by atoms with Crippen molar-refractivity contribution in [2.75, 3.05) is 5.33 Å². The molecule has 5 heteroatoms. The zero-order valence-electron chi connectivity index (χ0n) is 8.77. The molecule has 16 heavy (non-hydrogen) atoms. The van der Waals surface area contributed by atoms with Crippen molar-refractivity contribution in [2.24, 2.45) is 0 Å². The van der Waals surface area contributed by atoms with E-state index in [0.717, 1.165) is 16.2 Å². The Labute approximate surface area is 117 Å². The Morgan fingerprint density at radius 3 is 2.88 bits per heavy atom. The van der Waals surface area contributed by atoms with Crippen molar-refractivity contribution in [3.8, 4) is 0 Å². The van der Waals surface area contributed by atoms with Crippen molar-refractivity contribution in [3.05, 3.63) is 33.3 Å². The van der Waals surface area contributed by atoms with Crippen LogP contribution in [0.5, 0.6) is 0 Å². The highest BCUT2D eigenvalue weighted by molar-refractivity contribution is 9.10. The van der Waals surface area contributed by atoms with Crippen molar-refractivity contribution in [1.29, 1.82) is 0 Å². The first-order chi connectivity index (χ1) is 7.54. The van der Waals surface area contributed by atoms with Crippen LogP contribution in [0, 0.1) is 0 Å². The summed E-state index contributed by atoms with van der Waals surface area (Å²) in [5.41, 5.74) is 0.498. The van der Waals surface area contributed by atoms with Crippen molar-refractivity contribution in [2.45, 2.75) is 19.4 Å². The van der Waals surface area contributed by atoms with Crippen molar-refractivity contribution < 1.29 is 4.79 Å². The largest absolute Gasteiger partial charge is 0.350 e. The molecule has 88 valence electrons. The summed E-state index contributed by atoms with van der Waals surface area (Å²) in [7, 11) is 0. The summed E-state index contributed by atoms with van der Waals surface area (Å²) in [5.74, 6) is -0.139. The molecular weight excluding hydrogens is 357 g/mol. The van der Waals surface area contributed by atoms with E-state index < -0.39 is 0 Å². The van der Waals surface area contributed by atoms with E-state index in [1.54, 1.807) is 18.2 Å². The normalized spacial score (nSPS) is 12.2. The minimum Gasteiger partial charge on any atom is -0.350 e. The second-order valence-corrected chi connectivity index (χ2v) is 5.59. The average molecular weight is 369 g/mol. The summed E-state index contributed by atoms with van der Waals surface area (Å²) in [6, 6.07) is 5.36. The van der Waals surface area contributed by atoms with E-state index in [1.807, 2.05) is 6.92 Å². The molecule has 1 N–H and O–H groups in total. The number of halogens is 3. The highest BCUT2D eigenvalue weighted by Gasteiger charge is 2.12. The number of hydrogen-bond acceptors (Lipinski definition) is 1. The summed E-state index contributed by atoms with van der Waals surface area (Å²) in [4.78, 5) is 11.9. The highest BCUT2D eigenvalue weighted by atomic mass is 79.9. The molecular formula is C11H12Br2ClNO. The van der Waals surface area contributed by atoms with E-state index >= 15 is 0 Å². The topological polar surface area (TPSA) is 29.1 Å². The van der Waals surface area contributed by atoms with Gasteiger partial charge in [-0.3, -0.25) is 4.79 Å². The third-order valence-electron chi connectivity index (χ3n) is 2.09. The Hall–Kier alpha value is -0.0600. The quantitative estimate of drug-likeness (QED) is 0.799. The SMILES string of the molecule is CC(CCBr)NC(=O)c1cc(Br)ccc1Cl. The van der Waals surface area contributed by atoms with Crippen LogP contribution in [0.1, 0.15) is 23.7 Å². The predicted molar refractivity (Wildman–Crippen MR) is 74.5 cm³/mol. The van der Waals surface area contributed by atoms with Gasteiger partial charge < -0.3 is 5.32 Å². The molecule has 0 saturated heterocycles. The summed E-state index contributed by atoms with van der Waals surface area (Å²) in [6.07, 6.45) is 0.886. The second-order valence-electron chi connectivity index (χ2n) is 3.48. The zero-order chi connectivity index (χ0) is 12.1. The number of nitrogens with one attached hydrogen (secondary N) is 1. The summed E-state index contributed by atoms with van der Waals surface area (Å²) in [5, 5.41) is 4.22. The van der Waals surface area contributed by atoms with Crippen LogP contribution in [-0.4, -0.2) is 17.3 Å². The van der Waals surface area contributed by atoms with Gasteiger partial charge in [0.15, 0.2) is 0 Å². The fourth-order valence-corrected chi connectivity index (χ4v) is 2.46. The Morgan fingerprint density at radius 2 is 2.25 bits per heavy atom. The minimum absolute atomic E-state index is 0.127. The van der Waals surface area contributed by atoms with Gasteiger partial charge in [-0.25, -0.2) is 0 Å². The van der Waals surface area contributed by atoms with E-state index in [9.17, 15) is 4.79 Å². The lowest BCUT2D eigenvalue weighted by molar-refractivity contribution is 0.0939. The van der Waals surface area contributed by atoms with Crippen LogP contribution < -0.4 is 5.32 Å². The number of hydrogen-bond donors (Lipinski definition) is 1. The standard InChI is InChI=1S/C11H12Br2ClNO/c1-7(4-5-12)15-11(16)9-6-8(13)2-3-10(9)14/h2-3,6-7H,4-5H2,1H3,(H,15,16). The minimum atomic E-state index is -0.139. The van der Waals surface area contributed by atoms with Gasteiger partial charge in [-0.15, -0.1) is 0 Å². The monoisotopic (exact) mass is 367 g/mol. The third kappa shape index (κ3) is 4.07. The van der Waals surface area contributed by atoms with Crippen molar-refractivity contribution >= 4 is 49.4 Å². The molecule has 0 bridgehead atoms. The van der Waals surface area contributed by atoms with Crippen LogP contribution in [0.15, 0.2) is 22.7 Å². The lowest BCUT2D eigenvalue weighted by Crippen LogP contribution is -2.32. The molecule has 0 aromatic heterocycles. The van der Waals surface area contributed by atoms with Crippen LogP contribution in [0.2, 0.25) is 5.02 Å². The molecule has 0 aliphatic carbocycles. The van der Waals surface area contributed by atoms with Gasteiger partial charge in [0.2, 0.25) is 0 Å². The van der Waals surface area contributed by atoms with Crippen LogP contribution in [0.4, 0.5) is 0 Å². The lowest BCUT2D eigenvalue weighted by atomic mass is 10.2. The van der Waals surface area contributed by atoms with E-state index in [-0.39, 0.29) is 11.9 Å². The van der Waals surface area contributed by atoms with Crippen LogP contribution in [0.3, 0.4) is 0 Å². The average Bonchev–Trinajstić information content (AvgIpc) is 2.21. The summed E-state index contributed by atoms with van der Waals surface area (Å²) in [6.45, 7) is 1.96. The van der Waals surface area contributed by atoms with Gasteiger partial charge in [0.25, 0.3) is 5.91 Å². The van der Waals surface area contributed by atoms with Crippen LogP contribution in [-0.2, 0) is 0 Å². The first-order valence-electron chi connectivity index (χ1n) is 4.86. The van der Waals surface area contributed by atoms with E-state index in [0.29, 0.717) is 10.6 Å². The van der Waals surface area contributed by atoms with Gasteiger partial charge in [-0.2, -0.15) is 0 Å². The smallest absolute Gasteiger partial charge is 0.253 e. The van der Waals surface area contributed by atoms with E-state index in [2.05, 4.69) is 37.2 Å². The Balaban J connectivity index is 2.76. The Morgan fingerprint density at radius 1 is 1.56 bits per heavy atom. The van der Waals surface area contributed by atoms with Crippen molar-refractivity contribution in [3.63, 3.8) is 0 Å². The molecule has 1 atom stereocenters. The van der Waals surface area contributed by atoms with Gasteiger partial charge in [-0.05, 0) is 31.5 Å². The predicted octanol–water partition coefficient (Wildman–Crippen LogP) is 4.01. The number of carbonyl (C=O) groups is 1. The van der Waals surface area contributed by atoms with E-state index in [1.165, 1.54) is 0 Å². The number of benzene rings is 1. The first-order valence-corrected chi connectivity index (χ1v) is 7.15. The molecule has 0 saturated carbocycles. The fourth-order valence-electron chi connectivity index (χ4n) is 1.21. The molecule has 0 aliphatic heterocycles. The molecule has 1 amide bonds. The Kier molecular flexibility index (Phi) is 5.79. The number of amides is 1. The number of rotatable bonds is 4. The molecule has 0 heterocycles. The summed E-state index contributed by atoms with van der Waals surface area (Å²) < 4.78 is 0.843.